The second kappa shape index (κ2) is 12.6. The van der Waals surface area contributed by atoms with Gasteiger partial charge >= 0.3 is 0 Å². The molecule has 2 heterocycles. The molecule has 0 radical (unpaired) electrons. The fourth-order valence-corrected chi connectivity index (χ4v) is 3.39. The maximum Gasteiger partial charge on any atom is 0.240 e. The molecule has 2 N–H and O–H groups in total. The Morgan fingerprint density at radius 2 is 1.93 bits per heavy atom. The van der Waals surface area contributed by atoms with Gasteiger partial charge in [-0.05, 0) is 26.2 Å². The van der Waals surface area contributed by atoms with Crippen LogP contribution in [0.4, 0.5) is 0 Å². The number of aromatic nitrogens is 2. The van der Waals surface area contributed by atoms with Crippen LogP contribution in [0.25, 0.3) is 0 Å². The Hall–Kier alpha value is -0.930. The minimum Gasteiger partial charge on any atom is -0.374 e. The van der Waals surface area contributed by atoms with Gasteiger partial charge in [-0.15, -0.1) is 24.8 Å². The molecule has 8 nitrogen and oxygen atoms in total. The molecular weight excluding hydrogens is 405 g/mol. The van der Waals surface area contributed by atoms with E-state index in [4.69, 9.17) is 15.0 Å². The van der Waals surface area contributed by atoms with Crippen molar-refractivity contribution in [2.45, 2.75) is 52.7 Å². The number of hydrogen-bond acceptors (Lipinski definition) is 7. The molecule has 164 valence electrons. The van der Waals surface area contributed by atoms with Crippen molar-refractivity contribution in [1.82, 2.24) is 19.9 Å². The van der Waals surface area contributed by atoms with E-state index >= 15 is 0 Å². The van der Waals surface area contributed by atoms with Gasteiger partial charge in [-0.3, -0.25) is 9.69 Å². The van der Waals surface area contributed by atoms with Gasteiger partial charge in [0, 0.05) is 39.8 Å². The molecule has 1 unspecified atom stereocenters. The number of ether oxygens (including phenoxy) is 1. The highest BCUT2D eigenvalue weighted by Crippen LogP contribution is 2.28. The highest BCUT2D eigenvalue weighted by atomic mass is 35.5. The number of methoxy groups -OCH3 is 1. The fourth-order valence-electron chi connectivity index (χ4n) is 3.39. The first-order valence-electron chi connectivity index (χ1n) is 9.56. The summed E-state index contributed by atoms with van der Waals surface area (Å²) >= 11 is 0. The van der Waals surface area contributed by atoms with Crippen molar-refractivity contribution in [2.75, 3.05) is 39.8 Å². The van der Waals surface area contributed by atoms with Gasteiger partial charge in [0.2, 0.25) is 11.8 Å². The third-order valence-corrected chi connectivity index (χ3v) is 5.63. The quantitative estimate of drug-likeness (QED) is 0.663. The number of carbonyl (C=O) groups excluding carboxylic acids is 1. The lowest BCUT2D eigenvalue weighted by atomic mass is 9.81. The van der Waals surface area contributed by atoms with Crippen LogP contribution in [0.1, 0.15) is 57.9 Å². The van der Waals surface area contributed by atoms with Crippen LogP contribution in [0, 0.1) is 5.41 Å². The van der Waals surface area contributed by atoms with E-state index in [9.17, 15) is 4.79 Å². The number of amides is 1. The molecule has 0 saturated carbocycles. The van der Waals surface area contributed by atoms with Gasteiger partial charge in [0.25, 0.3) is 0 Å². The second-order valence-corrected chi connectivity index (χ2v) is 7.04. The Morgan fingerprint density at radius 3 is 2.50 bits per heavy atom. The average Bonchev–Trinajstić information content (AvgIpc) is 3.01. The predicted molar refractivity (Wildman–Crippen MR) is 113 cm³/mol. The van der Waals surface area contributed by atoms with Gasteiger partial charge in [-0.2, -0.15) is 4.98 Å². The summed E-state index contributed by atoms with van der Waals surface area (Å²) in [4.78, 5) is 21.6. The van der Waals surface area contributed by atoms with Crippen LogP contribution < -0.4 is 5.73 Å². The van der Waals surface area contributed by atoms with Gasteiger partial charge < -0.3 is 19.9 Å². The van der Waals surface area contributed by atoms with E-state index in [-0.39, 0.29) is 36.8 Å². The van der Waals surface area contributed by atoms with E-state index in [1.54, 1.807) is 7.11 Å². The molecule has 0 aliphatic carbocycles. The molecule has 0 bridgehead atoms. The zero-order chi connectivity index (χ0) is 19.2. The first kappa shape index (κ1) is 27.1. The van der Waals surface area contributed by atoms with Crippen molar-refractivity contribution in [3.63, 3.8) is 0 Å². The Bertz CT molecular complexity index is 575. The molecule has 28 heavy (non-hydrogen) atoms. The highest BCUT2D eigenvalue weighted by molar-refractivity contribution is 5.85. The van der Waals surface area contributed by atoms with E-state index in [2.05, 4.69) is 15.0 Å². The van der Waals surface area contributed by atoms with Crippen molar-refractivity contribution < 1.29 is 14.1 Å². The van der Waals surface area contributed by atoms with Gasteiger partial charge in [0.1, 0.15) is 6.10 Å². The molecule has 1 saturated heterocycles. The predicted octanol–water partition coefficient (Wildman–Crippen LogP) is 2.42. The number of nitrogens with zero attached hydrogens (tertiary/aromatic N) is 4. The lowest BCUT2D eigenvalue weighted by Crippen LogP contribution is -2.48. The Morgan fingerprint density at radius 1 is 1.25 bits per heavy atom. The van der Waals surface area contributed by atoms with Crippen molar-refractivity contribution in [3.8, 4) is 0 Å². The zero-order valence-electron chi connectivity index (χ0n) is 17.3. The van der Waals surface area contributed by atoms with Crippen molar-refractivity contribution >= 4 is 30.7 Å². The first-order chi connectivity index (χ1) is 12.5. The van der Waals surface area contributed by atoms with Gasteiger partial charge in [0.15, 0.2) is 5.82 Å². The molecule has 1 fully saturated rings. The lowest BCUT2D eigenvalue weighted by Gasteiger charge is -2.34. The molecule has 0 spiro atoms. The van der Waals surface area contributed by atoms with E-state index in [0.29, 0.717) is 31.3 Å². The van der Waals surface area contributed by atoms with Gasteiger partial charge in [0.05, 0.1) is 12.0 Å². The molecule has 1 aromatic rings. The second-order valence-electron chi connectivity index (χ2n) is 7.04. The molecule has 0 aromatic carbocycles. The number of nitrogens with two attached hydrogens (primary N) is 1. The first-order valence-corrected chi connectivity index (χ1v) is 9.56. The number of halogens is 2. The summed E-state index contributed by atoms with van der Waals surface area (Å²) in [5.74, 6) is 1.34. The summed E-state index contributed by atoms with van der Waals surface area (Å²) < 4.78 is 10.5. The molecule has 10 heteroatoms. The van der Waals surface area contributed by atoms with Crippen LogP contribution in [0.5, 0.6) is 0 Å². The van der Waals surface area contributed by atoms with E-state index < -0.39 is 5.41 Å². The topological polar surface area (TPSA) is 97.7 Å². The van der Waals surface area contributed by atoms with E-state index in [1.807, 2.05) is 25.7 Å². The molecule has 1 aliphatic heterocycles. The van der Waals surface area contributed by atoms with Crippen LogP contribution >= 0.6 is 24.8 Å². The van der Waals surface area contributed by atoms with Gasteiger partial charge in [-0.25, -0.2) is 0 Å². The molecular formula is C18H35Cl2N5O3. The third kappa shape index (κ3) is 6.29. The van der Waals surface area contributed by atoms with Gasteiger partial charge in [-0.1, -0.05) is 19.0 Å². The smallest absolute Gasteiger partial charge is 0.240 e. The molecule has 1 aliphatic rings. The number of carbonyl (C=O) groups is 1. The average molecular weight is 440 g/mol. The number of rotatable bonds is 8. The standard InChI is InChI=1S/C18H33N5O3.2ClH/c1-5-18(6-2,13-19)17(24)23-9-7-8-22(10-11-23)12-15-20-16(21-26-15)14(3)25-4;;/h14H,5-13,19H2,1-4H3;2*1H. The molecule has 2 rings (SSSR count). The molecule has 1 atom stereocenters. The normalized spacial score (nSPS) is 16.7. The summed E-state index contributed by atoms with van der Waals surface area (Å²) in [6.45, 7) is 10.1. The number of hydrogen-bond donors (Lipinski definition) is 1. The van der Waals surface area contributed by atoms with Crippen LogP contribution in [0.2, 0.25) is 0 Å². The Labute approximate surface area is 180 Å². The molecule has 1 aromatic heterocycles. The van der Waals surface area contributed by atoms with Crippen molar-refractivity contribution in [1.29, 1.82) is 0 Å². The Balaban J connectivity index is 0.00000364. The highest BCUT2D eigenvalue weighted by Gasteiger charge is 2.37. The Kier molecular flexibility index (Phi) is 12.2. The van der Waals surface area contributed by atoms with E-state index in [1.165, 1.54) is 0 Å². The summed E-state index contributed by atoms with van der Waals surface area (Å²) in [5, 5.41) is 3.97. The third-order valence-electron chi connectivity index (χ3n) is 5.63. The SMILES string of the molecule is CCC(CC)(CN)C(=O)N1CCCN(Cc2nc(C(C)OC)no2)CC1.Cl.Cl. The van der Waals surface area contributed by atoms with Crippen molar-refractivity contribution in [2.24, 2.45) is 11.1 Å². The summed E-state index contributed by atoms with van der Waals surface area (Å²) in [7, 11) is 1.62. The van der Waals surface area contributed by atoms with Crippen LogP contribution in [0.3, 0.4) is 0 Å². The summed E-state index contributed by atoms with van der Waals surface area (Å²) in [6, 6.07) is 0. The lowest BCUT2D eigenvalue weighted by molar-refractivity contribution is -0.142. The largest absolute Gasteiger partial charge is 0.374 e. The minimum atomic E-state index is -0.424. The maximum atomic E-state index is 13.0. The monoisotopic (exact) mass is 439 g/mol. The maximum absolute atomic E-state index is 13.0. The van der Waals surface area contributed by atoms with Crippen LogP contribution in [-0.2, 0) is 16.1 Å². The van der Waals surface area contributed by atoms with Crippen LogP contribution in [0.15, 0.2) is 4.52 Å². The molecule has 1 amide bonds. The summed E-state index contributed by atoms with van der Waals surface area (Å²) in [6.07, 6.45) is 2.30. The van der Waals surface area contributed by atoms with E-state index in [0.717, 1.165) is 38.9 Å². The minimum absolute atomic E-state index is 0. The fraction of sp³-hybridized carbons (Fsp3) is 0.833. The summed E-state index contributed by atoms with van der Waals surface area (Å²) in [5.41, 5.74) is 5.52. The van der Waals surface area contributed by atoms with Crippen molar-refractivity contribution in [3.05, 3.63) is 11.7 Å². The zero-order valence-corrected chi connectivity index (χ0v) is 19.0. The van der Waals surface area contributed by atoms with Crippen LogP contribution in [-0.4, -0.2) is 65.7 Å².